The molecule has 2 aromatic rings. The van der Waals surface area contributed by atoms with Crippen LogP contribution >= 0.6 is 11.3 Å². The minimum Gasteiger partial charge on any atom is -0.508 e. The number of hydrogen-bond donors (Lipinski definition) is 1. The van der Waals surface area contributed by atoms with Crippen molar-refractivity contribution in [1.82, 2.24) is 0 Å². The van der Waals surface area contributed by atoms with Crippen molar-refractivity contribution in [2.75, 3.05) is 4.31 Å². The molecule has 1 aromatic carbocycles. The van der Waals surface area contributed by atoms with Crippen molar-refractivity contribution in [1.29, 1.82) is 0 Å². The molecule has 0 atom stereocenters. The average molecular weight is 400 g/mol. The third kappa shape index (κ3) is 2.84. The standard InChI is InChI=1S/C21H21NO3S2/c1-3-15-13-20-21(26-15)18-8-6-5-7-17(18)19(4-2)22(20)27(24,25)16-11-9-14(23)10-12-16/h5-6,8-13,23H,3-4,7H2,1-2H3. The summed E-state index contributed by atoms with van der Waals surface area (Å²) in [7, 11) is -3.78. The van der Waals surface area contributed by atoms with Crippen molar-refractivity contribution in [3.8, 4) is 5.75 Å². The number of aromatic hydroxyl groups is 1. The second-order valence-electron chi connectivity index (χ2n) is 6.54. The molecule has 0 amide bonds. The van der Waals surface area contributed by atoms with Crippen molar-refractivity contribution >= 4 is 32.6 Å². The molecule has 2 heterocycles. The smallest absolute Gasteiger partial charge is 0.268 e. The first-order chi connectivity index (χ1) is 13.0. The number of nitrogens with zero attached hydrogens (tertiary/aromatic N) is 1. The largest absolute Gasteiger partial charge is 0.508 e. The van der Waals surface area contributed by atoms with E-state index in [2.05, 4.69) is 19.1 Å². The average Bonchev–Trinajstić information content (AvgIpc) is 3.11. The summed E-state index contributed by atoms with van der Waals surface area (Å²) in [6.07, 6.45) is 8.42. The third-order valence-corrected chi connectivity index (χ3v) is 7.99. The molecular formula is C21H21NO3S2. The molecule has 1 N–H and O–H groups in total. The van der Waals surface area contributed by atoms with Gasteiger partial charge in [-0.25, -0.2) is 12.7 Å². The quantitative estimate of drug-likeness (QED) is 0.766. The first kappa shape index (κ1) is 18.1. The summed E-state index contributed by atoms with van der Waals surface area (Å²) < 4.78 is 28.7. The van der Waals surface area contributed by atoms with Gasteiger partial charge in [-0.15, -0.1) is 11.3 Å². The normalized spacial score (nSPS) is 16.2. The Morgan fingerprint density at radius 1 is 1.15 bits per heavy atom. The zero-order valence-electron chi connectivity index (χ0n) is 15.3. The molecule has 1 aliphatic heterocycles. The van der Waals surface area contributed by atoms with Crippen LogP contribution in [0, 0.1) is 0 Å². The molecule has 0 saturated carbocycles. The number of fused-ring (bicyclic) bond motifs is 3. The van der Waals surface area contributed by atoms with Crippen LogP contribution in [0.25, 0.3) is 5.57 Å². The van der Waals surface area contributed by atoms with Crippen LogP contribution < -0.4 is 4.31 Å². The van der Waals surface area contributed by atoms with Crippen molar-refractivity contribution in [3.63, 3.8) is 0 Å². The molecule has 0 spiro atoms. The highest BCUT2D eigenvalue weighted by Crippen LogP contribution is 2.50. The first-order valence-electron chi connectivity index (χ1n) is 9.04. The van der Waals surface area contributed by atoms with Gasteiger partial charge in [0.25, 0.3) is 10.0 Å². The lowest BCUT2D eigenvalue weighted by Gasteiger charge is -2.34. The Bertz CT molecular complexity index is 1090. The van der Waals surface area contributed by atoms with Crippen LogP contribution in [-0.2, 0) is 16.4 Å². The molecule has 0 bridgehead atoms. The van der Waals surface area contributed by atoms with E-state index >= 15 is 0 Å². The summed E-state index contributed by atoms with van der Waals surface area (Å²) in [4.78, 5) is 2.37. The molecule has 27 heavy (non-hydrogen) atoms. The van der Waals surface area contributed by atoms with Crippen LogP contribution in [0.5, 0.6) is 5.75 Å². The summed E-state index contributed by atoms with van der Waals surface area (Å²) >= 11 is 1.67. The summed E-state index contributed by atoms with van der Waals surface area (Å²) in [5.74, 6) is 0.0498. The Kier molecular flexibility index (Phi) is 4.48. The van der Waals surface area contributed by atoms with Gasteiger partial charge < -0.3 is 5.11 Å². The lowest BCUT2D eigenvalue weighted by molar-refractivity contribution is 0.475. The van der Waals surface area contributed by atoms with Crippen molar-refractivity contribution < 1.29 is 13.5 Å². The molecule has 0 fully saturated rings. The number of aryl methyl sites for hydroxylation is 1. The van der Waals surface area contributed by atoms with Gasteiger partial charge in [0, 0.05) is 10.6 Å². The van der Waals surface area contributed by atoms with E-state index in [4.69, 9.17) is 0 Å². The number of thiophene rings is 1. The predicted molar refractivity (Wildman–Crippen MR) is 111 cm³/mol. The number of anilines is 1. The molecule has 0 unspecified atom stereocenters. The van der Waals surface area contributed by atoms with E-state index in [1.165, 1.54) is 28.6 Å². The molecule has 0 saturated heterocycles. The van der Waals surface area contributed by atoms with Crippen molar-refractivity contribution in [2.45, 2.75) is 38.0 Å². The zero-order chi connectivity index (χ0) is 19.2. The molecule has 0 radical (unpaired) electrons. The number of sulfonamides is 1. The number of benzene rings is 1. The van der Waals surface area contributed by atoms with Gasteiger partial charge >= 0.3 is 0 Å². The lowest BCUT2D eigenvalue weighted by Crippen LogP contribution is -2.33. The summed E-state index contributed by atoms with van der Waals surface area (Å²) in [6.45, 7) is 4.08. The van der Waals surface area contributed by atoms with Crippen LogP contribution in [0.3, 0.4) is 0 Å². The highest BCUT2D eigenvalue weighted by Gasteiger charge is 2.37. The van der Waals surface area contributed by atoms with Crippen LogP contribution in [0.1, 0.15) is 36.4 Å². The molecule has 4 rings (SSSR count). The van der Waals surface area contributed by atoms with Gasteiger partial charge in [-0.1, -0.05) is 32.1 Å². The van der Waals surface area contributed by atoms with Crippen molar-refractivity contribution in [2.24, 2.45) is 0 Å². The van der Waals surface area contributed by atoms with Crippen LogP contribution in [-0.4, -0.2) is 13.5 Å². The van der Waals surface area contributed by atoms with Crippen LogP contribution in [0.2, 0.25) is 0 Å². The highest BCUT2D eigenvalue weighted by molar-refractivity contribution is 7.93. The van der Waals surface area contributed by atoms with Gasteiger partial charge in [-0.05, 0) is 60.7 Å². The van der Waals surface area contributed by atoms with Crippen LogP contribution in [0.4, 0.5) is 5.69 Å². The van der Waals surface area contributed by atoms with E-state index < -0.39 is 10.0 Å². The van der Waals surface area contributed by atoms with Crippen LogP contribution in [0.15, 0.2) is 64.7 Å². The third-order valence-electron chi connectivity index (χ3n) is 4.92. The van der Waals surface area contributed by atoms with E-state index in [0.717, 1.165) is 45.1 Å². The first-order valence-corrected chi connectivity index (χ1v) is 11.3. The Morgan fingerprint density at radius 3 is 2.56 bits per heavy atom. The maximum atomic E-state index is 13.6. The monoisotopic (exact) mass is 399 g/mol. The fourth-order valence-electron chi connectivity index (χ4n) is 3.62. The zero-order valence-corrected chi connectivity index (χ0v) is 16.9. The van der Waals surface area contributed by atoms with Gasteiger partial charge in [-0.3, -0.25) is 0 Å². The second-order valence-corrected chi connectivity index (χ2v) is 9.46. The molecular weight excluding hydrogens is 378 g/mol. The Balaban J connectivity index is 1.98. The summed E-state index contributed by atoms with van der Waals surface area (Å²) in [5.41, 5.74) is 3.80. The number of hydrogen-bond acceptors (Lipinski definition) is 4. The van der Waals surface area contributed by atoms with E-state index in [1.54, 1.807) is 11.3 Å². The highest BCUT2D eigenvalue weighted by atomic mass is 32.2. The van der Waals surface area contributed by atoms with Crippen molar-refractivity contribution in [3.05, 3.63) is 69.6 Å². The van der Waals surface area contributed by atoms with E-state index in [1.807, 2.05) is 19.1 Å². The summed E-state index contributed by atoms with van der Waals surface area (Å²) in [5, 5.41) is 9.55. The van der Waals surface area contributed by atoms with Gasteiger partial charge in [-0.2, -0.15) is 0 Å². The van der Waals surface area contributed by atoms with Gasteiger partial charge in [0.1, 0.15) is 5.75 Å². The Labute approximate surface area is 163 Å². The molecule has 6 heteroatoms. The number of rotatable bonds is 4. The number of phenols is 1. The SMILES string of the molecule is CCC1=C2CC=CC=C2c2sc(CC)cc2N1S(=O)(=O)c1ccc(O)cc1. The second kappa shape index (κ2) is 6.69. The Hall–Kier alpha value is -2.31. The molecule has 2 aliphatic rings. The minimum atomic E-state index is -3.78. The molecule has 140 valence electrons. The fraction of sp³-hybridized carbons (Fsp3) is 0.238. The van der Waals surface area contributed by atoms with E-state index in [9.17, 15) is 13.5 Å². The molecule has 1 aromatic heterocycles. The predicted octanol–water partition coefficient (Wildman–Crippen LogP) is 5.23. The topological polar surface area (TPSA) is 57.6 Å². The fourth-order valence-corrected chi connectivity index (χ4v) is 6.43. The minimum absolute atomic E-state index is 0.0498. The van der Waals surface area contributed by atoms with Gasteiger partial charge in [0.05, 0.1) is 15.5 Å². The Morgan fingerprint density at radius 2 is 1.89 bits per heavy atom. The maximum Gasteiger partial charge on any atom is 0.268 e. The number of phenolic OH excluding ortho intramolecular Hbond substituents is 1. The van der Waals surface area contributed by atoms with Gasteiger partial charge in [0.15, 0.2) is 0 Å². The number of allylic oxidation sites excluding steroid dienone is 6. The maximum absolute atomic E-state index is 13.6. The van der Waals surface area contributed by atoms with E-state index in [0.29, 0.717) is 6.42 Å². The molecule has 1 aliphatic carbocycles. The van der Waals surface area contributed by atoms with Gasteiger partial charge in [0.2, 0.25) is 0 Å². The molecule has 4 nitrogen and oxygen atoms in total. The summed E-state index contributed by atoms with van der Waals surface area (Å²) in [6, 6.07) is 7.75. The lowest BCUT2D eigenvalue weighted by atomic mass is 9.91. The van der Waals surface area contributed by atoms with E-state index in [-0.39, 0.29) is 10.6 Å².